The van der Waals surface area contributed by atoms with E-state index in [1.165, 1.54) is 4.68 Å². The van der Waals surface area contributed by atoms with E-state index in [9.17, 15) is 4.79 Å². The van der Waals surface area contributed by atoms with Crippen LogP contribution in [0.4, 0.5) is 0 Å². The van der Waals surface area contributed by atoms with Crippen molar-refractivity contribution >= 4 is 38.5 Å². The summed E-state index contributed by atoms with van der Waals surface area (Å²) >= 11 is 5.59. The Morgan fingerprint density at radius 3 is 2.78 bits per heavy atom. The second-order valence-corrected chi connectivity index (χ2v) is 5.87. The van der Waals surface area contributed by atoms with Gasteiger partial charge in [0, 0.05) is 16.2 Å². The highest BCUT2D eigenvalue weighted by molar-refractivity contribution is 14.1. The SMILES string of the molecule is CCn1nc(C)c(Br)c1Cn1ncc(I)cc1=O. The summed E-state index contributed by atoms with van der Waals surface area (Å²) in [5.74, 6) is 0. The minimum atomic E-state index is -0.102. The van der Waals surface area contributed by atoms with Crippen molar-refractivity contribution in [3.8, 4) is 0 Å². The second-order valence-electron chi connectivity index (χ2n) is 3.83. The molecule has 5 nitrogen and oxygen atoms in total. The lowest BCUT2D eigenvalue weighted by molar-refractivity contribution is 0.557. The van der Waals surface area contributed by atoms with Crippen molar-refractivity contribution in [3.05, 3.63) is 42.0 Å². The zero-order chi connectivity index (χ0) is 13.3. The van der Waals surface area contributed by atoms with E-state index in [-0.39, 0.29) is 5.56 Å². The number of halogens is 2. The summed E-state index contributed by atoms with van der Waals surface area (Å²) in [6, 6.07) is 1.57. The third-order valence-corrected chi connectivity index (χ3v) is 4.21. The third-order valence-electron chi connectivity index (χ3n) is 2.59. The van der Waals surface area contributed by atoms with Crippen molar-refractivity contribution in [2.75, 3.05) is 0 Å². The standard InChI is InChI=1S/C11H12BrIN4O/c1-3-16-9(11(12)7(2)15-16)6-17-10(18)4-8(13)5-14-17/h4-5H,3,6H2,1-2H3. The monoisotopic (exact) mass is 422 g/mol. The molecule has 2 aromatic heterocycles. The molecule has 18 heavy (non-hydrogen) atoms. The fourth-order valence-electron chi connectivity index (χ4n) is 1.69. The van der Waals surface area contributed by atoms with Gasteiger partial charge in [-0.1, -0.05) is 0 Å². The smallest absolute Gasteiger partial charge is 0.268 e. The Bertz CT molecular complexity index is 634. The molecule has 0 radical (unpaired) electrons. The van der Waals surface area contributed by atoms with Crippen molar-refractivity contribution in [1.82, 2.24) is 19.6 Å². The van der Waals surface area contributed by atoms with Gasteiger partial charge in [0.25, 0.3) is 5.56 Å². The predicted octanol–water partition coefficient (Wildman–Crippen LogP) is 2.18. The molecule has 0 unspecified atom stereocenters. The van der Waals surface area contributed by atoms with Gasteiger partial charge < -0.3 is 0 Å². The maximum absolute atomic E-state index is 11.8. The van der Waals surface area contributed by atoms with E-state index in [0.29, 0.717) is 6.54 Å². The first kappa shape index (κ1) is 13.7. The van der Waals surface area contributed by atoms with Crippen molar-refractivity contribution in [3.63, 3.8) is 0 Å². The van der Waals surface area contributed by atoms with E-state index in [1.54, 1.807) is 12.3 Å². The van der Waals surface area contributed by atoms with Crippen LogP contribution in [0.2, 0.25) is 0 Å². The van der Waals surface area contributed by atoms with E-state index in [4.69, 9.17) is 0 Å². The Morgan fingerprint density at radius 1 is 1.44 bits per heavy atom. The summed E-state index contributed by atoms with van der Waals surface area (Å²) in [7, 11) is 0. The molecule has 0 bridgehead atoms. The first-order valence-corrected chi connectivity index (χ1v) is 7.34. The van der Waals surface area contributed by atoms with Crippen LogP contribution < -0.4 is 5.56 Å². The van der Waals surface area contributed by atoms with E-state index in [0.717, 1.165) is 26.0 Å². The molecule has 0 spiro atoms. The summed E-state index contributed by atoms with van der Waals surface area (Å²) in [4.78, 5) is 11.8. The van der Waals surface area contributed by atoms with Gasteiger partial charge in [-0.05, 0) is 52.4 Å². The normalized spacial score (nSPS) is 10.9. The Hall–Kier alpha value is -0.700. The van der Waals surface area contributed by atoms with Gasteiger partial charge in [0.15, 0.2) is 0 Å². The molecule has 2 heterocycles. The number of nitrogens with zero attached hydrogens (tertiary/aromatic N) is 4. The molecule has 96 valence electrons. The van der Waals surface area contributed by atoms with Crippen LogP contribution in [0.1, 0.15) is 18.3 Å². The van der Waals surface area contributed by atoms with E-state index in [2.05, 4.69) is 48.7 Å². The molecule has 0 saturated carbocycles. The van der Waals surface area contributed by atoms with Gasteiger partial charge in [-0.3, -0.25) is 9.48 Å². The first-order chi connectivity index (χ1) is 8.52. The van der Waals surface area contributed by atoms with Crippen molar-refractivity contribution in [1.29, 1.82) is 0 Å². The quantitative estimate of drug-likeness (QED) is 0.712. The first-order valence-electron chi connectivity index (χ1n) is 5.47. The van der Waals surface area contributed by atoms with Gasteiger partial charge in [0.05, 0.1) is 28.6 Å². The molecule has 0 atom stereocenters. The molecule has 0 N–H and O–H groups in total. The van der Waals surface area contributed by atoms with Crippen molar-refractivity contribution < 1.29 is 0 Å². The van der Waals surface area contributed by atoms with Gasteiger partial charge in [-0.25, -0.2) is 4.68 Å². The van der Waals surface area contributed by atoms with Crippen LogP contribution in [0.3, 0.4) is 0 Å². The highest BCUT2D eigenvalue weighted by Crippen LogP contribution is 2.21. The summed E-state index contributed by atoms with van der Waals surface area (Å²) in [6.07, 6.45) is 1.68. The average molecular weight is 423 g/mol. The minimum absolute atomic E-state index is 0.102. The number of aromatic nitrogens is 4. The summed E-state index contributed by atoms with van der Waals surface area (Å²) < 4.78 is 5.10. The summed E-state index contributed by atoms with van der Waals surface area (Å²) in [5, 5.41) is 8.53. The van der Waals surface area contributed by atoms with Crippen molar-refractivity contribution in [2.45, 2.75) is 26.9 Å². The number of hydrogen-bond acceptors (Lipinski definition) is 3. The maximum Gasteiger partial charge on any atom is 0.268 e. The van der Waals surface area contributed by atoms with Crippen LogP contribution in [0.5, 0.6) is 0 Å². The van der Waals surface area contributed by atoms with Crippen LogP contribution in [0.25, 0.3) is 0 Å². The minimum Gasteiger partial charge on any atom is -0.268 e. The van der Waals surface area contributed by atoms with Crippen LogP contribution in [0.15, 0.2) is 21.5 Å². The van der Waals surface area contributed by atoms with Gasteiger partial charge in [-0.2, -0.15) is 10.2 Å². The lowest BCUT2D eigenvalue weighted by Crippen LogP contribution is -2.24. The number of aryl methyl sites for hydroxylation is 2. The van der Waals surface area contributed by atoms with Crippen LogP contribution in [0, 0.1) is 10.5 Å². The van der Waals surface area contributed by atoms with Crippen molar-refractivity contribution in [2.24, 2.45) is 0 Å². The Kier molecular flexibility index (Phi) is 4.21. The molecule has 2 rings (SSSR count). The molecule has 0 aliphatic rings. The summed E-state index contributed by atoms with van der Waals surface area (Å²) in [6.45, 7) is 5.14. The third kappa shape index (κ3) is 2.66. The molecular weight excluding hydrogens is 411 g/mol. The highest BCUT2D eigenvalue weighted by atomic mass is 127. The zero-order valence-electron chi connectivity index (χ0n) is 10.0. The van der Waals surface area contributed by atoms with Crippen LogP contribution >= 0.6 is 38.5 Å². The van der Waals surface area contributed by atoms with Gasteiger partial charge in [0.1, 0.15) is 0 Å². The Balaban J connectivity index is 2.42. The number of hydrogen-bond donors (Lipinski definition) is 0. The highest BCUT2D eigenvalue weighted by Gasteiger charge is 2.13. The number of rotatable bonds is 3. The zero-order valence-corrected chi connectivity index (χ0v) is 13.8. The molecule has 0 aromatic carbocycles. The molecule has 2 aromatic rings. The molecule has 0 amide bonds. The Morgan fingerprint density at radius 2 is 2.17 bits per heavy atom. The molecule has 0 fully saturated rings. The fourth-order valence-corrected chi connectivity index (χ4v) is 2.49. The van der Waals surface area contributed by atoms with E-state index >= 15 is 0 Å². The second kappa shape index (κ2) is 5.52. The van der Waals surface area contributed by atoms with Gasteiger partial charge >= 0.3 is 0 Å². The van der Waals surface area contributed by atoms with Crippen LogP contribution in [-0.2, 0) is 13.1 Å². The molecular formula is C11H12BrIN4O. The lowest BCUT2D eigenvalue weighted by Gasteiger charge is -2.07. The van der Waals surface area contributed by atoms with Crippen LogP contribution in [-0.4, -0.2) is 19.6 Å². The van der Waals surface area contributed by atoms with E-state index < -0.39 is 0 Å². The van der Waals surface area contributed by atoms with Gasteiger partial charge in [0.2, 0.25) is 0 Å². The van der Waals surface area contributed by atoms with Gasteiger partial charge in [-0.15, -0.1) is 0 Å². The topological polar surface area (TPSA) is 52.7 Å². The predicted molar refractivity (Wildman–Crippen MR) is 80.7 cm³/mol. The molecule has 7 heteroatoms. The van der Waals surface area contributed by atoms with E-state index in [1.807, 2.05) is 18.5 Å². The summed E-state index contributed by atoms with van der Waals surface area (Å²) in [5.41, 5.74) is 1.78. The Labute approximate surface area is 126 Å². The average Bonchev–Trinajstić information content (AvgIpc) is 2.60. The largest absolute Gasteiger partial charge is 0.268 e. The lowest BCUT2D eigenvalue weighted by atomic mass is 10.3. The maximum atomic E-state index is 11.8. The fraction of sp³-hybridized carbons (Fsp3) is 0.364. The molecule has 0 aliphatic heterocycles. The molecule has 0 aliphatic carbocycles. The molecule has 0 saturated heterocycles.